The second-order valence-electron chi connectivity index (χ2n) is 3.67. The molecular weight excluding hydrogens is 266 g/mol. The van der Waals surface area contributed by atoms with Crippen molar-refractivity contribution < 1.29 is 9.47 Å². The number of para-hydroxylation sites is 2. The smallest absolute Gasteiger partial charge is 0.161 e. The number of ether oxygens (including phenoxy) is 2. The van der Waals surface area contributed by atoms with Crippen molar-refractivity contribution in [2.75, 3.05) is 25.6 Å². The molecule has 0 atom stereocenters. The third kappa shape index (κ3) is 3.99. The molecular formula is C13H14ClN3O2. The fraction of sp³-hybridized carbons (Fsp3) is 0.231. The van der Waals surface area contributed by atoms with Gasteiger partial charge in [-0.2, -0.15) is 0 Å². The van der Waals surface area contributed by atoms with Crippen LogP contribution >= 0.6 is 11.6 Å². The van der Waals surface area contributed by atoms with E-state index in [0.29, 0.717) is 35.6 Å². The number of aromatic nitrogens is 2. The molecule has 0 aliphatic heterocycles. The Morgan fingerprint density at radius 3 is 2.58 bits per heavy atom. The van der Waals surface area contributed by atoms with E-state index < -0.39 is 0 Å². The minimum Gasteiger partial charge on any atom is -0.493 e. The van der Waals surface area contributed by atoms with Gasteiger partial charge in [0.2, 0.25) is 0 Å². The molecule has 0 spiro atoms. The maximum Gasteiger partial charge on any atom is 0.161 e. The van der Waals surface area contributed by atoms with Gasteiger partial charge >= 0.3 is 0 Å². The third-order valence-corrected chi connectivity index (χ3v) is 2.57. The SMILES string of the molecule is COc1ccccc1OCCNc1ccc(Cl)nn1. The summed E-state index contributed by atoms with van der Waals surface area (Å²) in [5, 5.41) is 11.1. The van der Waals surface area contributed by atoms with Crippen LogP contribution in [0.1, 0.15) is 0 Å². The van der Waals surface area contributed by atoms with E-state index in [9.17, 15) is 0 Å². The zero-order chi connectivity index (χ0) is 13.5. The summed E-state index contributed by atoms with van der Waals surface area (Å²) in [6.07, 6.45) is 0. The molecule has 19 heavy (non-hydrogen) atoms. The lowest BCUT2D eigenvalue weighted by Crippen LogP contribution is -2.12. The lowest BCUT2D eigenvalue weighted by atomic mass is 10.3. The van der Waals surface area contributed by atoms with E-state index in [2.05, 4.69) is 15.5 Å². The summed E-state index contributed by atoms with van der Waals surface area (Å²) >= 11 is 5.65. The number of benzene rings is 1. The minimum absolute atomic E-state index is 0.371. The summed E-state index contributed by atoms with van der Waals surface area (Å²) in [7, 11) is 1.61. The number of hydrogen-bond donors (Lipinski definition) is 1. The summed E-state index contributed by atoms with van der Waals surface area (Å²) in [6, 6.07) is 11.0. The number of nitrogens with one attached hydrogen (secondary N) is 1. The maximum atomic E-state index is 5.65. The van der Waals surface area contributed by atoms with Crippen molar-refractivity contribution >= 4 is 17.4 Å². The summed E-state index contributed by atoms with van der Waals surface area (Å²) in [5.41, 5.74) is 0. The van der Waals surface area contributed by atoms with Crippen molar-refractivity contribution in [3.63, 3.8) is 0 Å². The highest BCUT2D eigenvalue weighted by Crippen LogP contribution is 2.25. The molecule has 2 rings (SSSR count). The lowest BCUT2D eigenvalue weighted by Gasteiger charge is -2.10. The van der Waals surface area contributed by atoms with Crippen LogP contribution in [-0.2, 0) is 0 Å². The molecule has 0 aliphatic carbocycles. The highest BCUT2D eigenvalue weighted by Gasteiger charge is 2.02. The maximum absolute atomic E-state index is 5.65. The summed E-state index contributed by atoms with van der Waals surface area (Å²) in [6.45, 7) is 1.10. The number of methoxy groups -OCH3 is 1. The lowest BCUT2D eigenvalue weighted by molar-refractivity contribution is 0.305. The molecule has 0 amide bonds. The van der Waals surface area contributed by atoms with Crippen LogP contribution < -0.4 is 14.8 Å². The van der Waals surface area contributed by atoms with Crippen LogP contribution in [0.4, 0.5) is 5.82 Å². The number of rotatable bonds is 6. The van der Waals surface area contributed by atoms with Crippen LogP contribution in [0.25, 0.3) is 0 Å². The molecule has 0 saturated heterocycles. The van der Waals surface area contributed by atoms with E-state index in [1.54, 1.807) is 19.2 Å². The Labute approximate surface area is 116 Å². The number of nitrogens with zero attached hydrogens (tertiary/aromatic N) is 2. The van der Waals surface area contributed by atoms with Crippen molar-refractivity contribution in [1.82, 2.24) is 10.2 Å². The normalized spacial score (nSPS) is 10.0. The highest BCUT2D eigenvalue weighted by atomic mass is 35.5. The van der Waals surface area contributed by atoms with Gasteiger partial charge in [0.05, 0.1) is 13.7 Å². The molecule has 0 aliphatic rings. The predicted octanol–water partition coefficient (Wildman–Crippen LogP) is 2.63. The number of anilines is 1. The minimum atomic E-state index is 0.371. The van der Waals surface area contributed by atoms with E-state index >= 15 is 0 Å². The van der Waals surface area contributed by atoms with E-state index in [4.69, 9.17) is 21.1 Å². The van der Waals surface area contributed by atoms with Gasteiger partial charge < -0.3 is 14.8 Å². The molecule has 2 aromatic rings. The second-order valence-corrected chi connectivity index (χ2v) is 4.05. The van der Waals surface area contributed by atoms with Gasteiger partial charge in [0, 0.05) is 0 Å². The highest BCUT2D eigenvalue weighted by molar-refractivity contribution is 6.29. The average molecular weight is 280 g/mol. The predicted molar refractivity (Wildman–Crippen MR) is 74.0 cm³/mol. The first kappa shape index (κ1) is 13.4. The molecule has 1 aromatic heterocycles. The standard InChI is InChI=1S/C13H14ClN3O2/c1-18-10-4-2-3-5-11(10)19-9-8-15-13-7-6-12(14)16-17-13/h2-7H,8-9H2,1H3,(H,15,17). The Morgan fingerprint density at radius 2 is 1.89 bits per heavy atom. The molecule has 0 saturated carbocycles. The number of halogens is 1. The van der Waals surface area contributed by atoms with Gasteiger partial charge in [0.25, 0.3) is 0 Å². The van der Waals surface area contributed by atoms with Crippen LogP contribution in [0.3, 0.4) is 0 Å². The summed E-state index contributed by atoms with van der Waals surface area (Å²) in [5.74, 6) is 2.09. The van der Waals surface area contributed by atoms with Gasteiger partial charge in [-0.3, -0.25) is 0 Å². The van der Waals surface area contributed by atoms with Gasteiger partial charge in [0.1, 0.15) is 12.4 Å². The van der Waals surface area contributed by atoms with Gasteiger partial charge in [-0.05, 0) is 24.3 Å². The van der Waals surface area contributed by atoms with Gasteiger partial charge in [-0.1, -0.05) is 23.7 Å². The van der Waals surface area contributed by atoms with Crippen molar-refractivity contribution in [1.29, 1.82) is 0 Å². The monoisotopic (exact) mass is 279 g/mol. The van der Waals surface area contributed by atoms with Crippen LogP contribution in [0.2, 0.25) is 5.15 Å². The fourth-order valence-corrected chi connectivity index (χ4v) is 1.59. The molecule has 1 N–H and O–H groups in total. The van der Waals surface area contributed by atoms with Crippen molar-refractivity contribution in [2.24, 2.45) is 0 Å². The van der Waals surface area contributed by atoms with Gasteiger partial charge in [0.15, 0.2) is 16.7 Å². The molecule has 0 fully saturated rings. The first-order chi connectivity index (χ1) is 9.29. The quantitative estimate of drug-likeness (QED) is 0.824. The molecule has 1 aromatic carbocycles. The second kappa shape index (κ2) is 6.80. The van der Waals surface area contributed by atoms with Crippen LogP contribution in [0.15, 0.2) is 36.4 Å². The van der Waals surface area contributed by atoms with E-state index in [1.165, 1.54) is 0 Å². The molecule has 0 bridgehead atoms. The van der Waals surface area contributed by atoms with Crippen LogP contribution in [0, 0.1) is 0 Å². The zero-order valence-corrected chi connectivity index (χ0v) is 11.2. The van der Waals surface area contributed by atoms with E-state index in [-0.39, 0.29) is 0 Å². The topological polar surface area (TPSA) is 56.3 Å². The van der Waals surface area contributed by atoms with Crippen molar-refractivity contribution in [2.45, 2.75) is 0 Å². The van der Waals surface area contributed by atoms with E-state index in [0.717, 1.165) is 0 Å². The summed E-state index contributed by atoms with van der Waals surface area (Å²) < 4.78 is 10.8. The Hall–Kier alpha value is -2.01. The van der Waals surface area contributed by atoms with Crippen molar-refractivity contribution in [3.8, 4) is 11.5 Å². The van der Waals surface area contributed by atoms with Gasteiger partial charge in [-0.15, -0.1) is 10.2 Å². The third-order valence-electron chi connectivity index (χ3n) is 2.37. The molecule has 0 unspecified atom stereocenters. The molecule has 0 radical (unpaired) electrons. The molecule has 1 heterocycles. The fourth-order valence-electron chi connectivity index (χ4n) is 1.49. The Morgan fingerprint density at radius 1 is 1.11 bits per heavy atom. The molecule has 5 nitrogen and oxygen atoms in total. The average Bonchev–Trinajstić information content (AvgIpc) is 2.46. The first-order valence-corrected chi connectivity index (χ1v) is 6.16. The largest absolute Gasteiger partial charge is 0.493 e. The van der Waals surface area contributed by atoms with E-state index in [1.807, 2.05) is 24.3 Å². The summed E-state index contributed by atoms with van der Waals surface area (Å²) in [4.78, 5) is 0. The Kier molecular flexibility index (Phi) is 4.80. The van der Waals surface area contributed by atoms with Crippen LogP contribution in [-0.4, -0.2) is 30.5 Å². The van der Waals surface area contributed by atoms with Gasteiger partial charge in [-0.25, -0.2) is 0 Å². The Balaban J connectivity index is 1.79. The van der Waals surface area contributed by atoms with Crippen LogP contribution in [0.5, 0.6) is 11.5 Å². The van der Waals surface area contributed by atoms with Crippen molar-refractivity contribution in [3.05, 3.63) is 41.6 Å². The zero-order valence-electron chi connectivity index (χ0n) is 10.5. The molecule has 100 valence electrons. The first-order valence-electron chi connectivity index (χ1n) is 5.78. The molecule has 6 heteroatoms. The number of hydrogen-bond acceptors (Lipinski definition) is 5. The Bertz CT molecular complexity index is 520.